The Balaban J connectivity index is 1.86. The van der Waals surface area contributed by atoms with Crippen molar-refractivity contribution in [1.82, 2.24) is 4.90 Å². The van der Waals surface area contributed by atoms with E-state index in [1.807, 2.05) is 36.4 Å². The number of carbonyl (C=O) groups excluding carboxylic acids is 1. The molecule has 0 amide bonds. The summed E-state index contributed by atoms with van der Waals surface area (Å²) in [7, 11) is 0. The van der Waals surface area contributed by atoms with E-state index in [1.165, 1.54) is 11.1 Å². The molecule has 0 aliphatic rings. The third-order valence-corrected chi connectivity index (χ3v) is 4.82. The van der Waals surface area contributed by atoms with Crippen molar-refractivity contribution in [3.05, 3.63) is 70.8 Å². The number of nitrogens with zero attached hydrogens (tertiary/aromatic N) is 1. The van der Waals surface area contributed by atoms with E-state index in [-0.39, 0.29) is 5.97 Å². The fourth-order valence-electron chi connectivity index (χ4n) is 2.58. The Bertz CT molecular complexity index is 649. The topological polar surface area (TPSA) is 29.5 Å². The number of ether oxygens (including phenoxy) is 1. The van der Waals surface area contributed by atoms with Crippen LogP contribution in [-0.2, 0) is 23.6 Å². The highest BCUT2D eigenvalue weighted by Gasteiger charge is 2.08. The zero-order valence-electron chi connectivity index (χ0n) is 15.3. The quantitative estimate of drug-likeness (QED) is 0.606. The van der Waals surface area contributed by atoms with E-state index in [0.717, 1.165) is 31.0 Å². The second-order valence-electron chi connectivity index (χ2n) is 5.98. The number of rotatable bonds is 9. The standard InChI is InChI=1S/C21H27NO2S/c1-4-22(5-2)14-17-6-8-18(9-7-17)15-24-21(23)20-12-10-19(11-13-20)16-25-3/h6-13H,4-5,14-16H2,1-3H3. The molecule has 2 aromatic rings. The van der Waals surface area contributed by atoms with Crippen molar-refractivity contribution in [2.45, 2.75) is 32.8 Å². The third-order valence-electron chi connectivity index (χ3n) is 4.19. The van der Waals surface area contributed by atoms with Gasteiger partial charge in [0.15, 0.2) is 0 Å². The predicted molar refractivity (Wildman–Crippen MR) is 106 cm³/mol. The molecule has 0 atom stereocenters. The van der Waals surface area contributed by atoms with Gasteiger partial charge in [0.25, 0.3) is 0 Å². The Morgan fingerprint density at radius 1 is 0.920 bits per heavy atom. The zero-order valence-corrected chi connectivity index (χ0v) is 16.1. The molecule has 0 aromatic heterocycles. The van der Waals surface area contributed by atoms with Gasteiger partial charge in [-0.1, -0.05) is 50.2 Å². The van der Waals surface area contributed by atoms with Crippen LogP contribution >= 0.6 is 11.8 Å². The van der Waals surface area contributed by atoms with Crippen LogP contribution in [0.3, 0.4) is 0 Å². The monoisotopic (exact) mass is 357 g/mol. The van der Waals surface area contributed by atoms with E-state index in [9.17, 15) is 4.79 Å². The molecule has 0 saturated carbocycles. The summed E-state index contributed by atoms with van der Waals surface area (Å²) in [5.74, 6) is 0.678. The van der Waals surface area contributed by atoms with Gasteiger partial charge in [-0.3, -0.25) is 4.90 Å². The smallest absolute Gasteiger partial charge is 0.338 e. The number of hydrogen-bond acceptors (Lipinski definition) is 4. The van der Waals surface area contributed by atoms with E-state index in [1.54, 1.807) is 11.8 Å². The molecule has 0 bridgehead atoms. The minimum atomic E-state index is -0.275. The van der Waals surface area contributed by atoms with Gasteiger partial charge in [0.05, 0.1) is 5.56 Å². The molecule has 0 unspecified atom stereocenters. The molecular formula is C21H27NO2S. The molecule has 2 aromatic carbocycles. The average molecular weight is 358 g/mol. The summed E-state index contributed by atoms with van der Waals surface area (Å²) in [6.07, 6.45) is 2.06. The first-order valence-electron chi connectivity index (χ1n) is 8.71. The summed E-state index contributed by atoms with van der Waals surface area (Å²) >= 11 is 1.76. The molecule has 0 spiro atoms. The maximum Gasteiger partial charge on any atom is 0.338 e. The molecule has 134 valence electrons. The van der Waals surface area contributed by atoms with Crippen LogP contribution in [0, 0.1) is 0 Å². The van der Waals surface area contributed by atoms with E-state index in [2.05, 4.69) is 37.1 Å². The van der Waals surface area contributed by atoms with Gasteiger partial charge in [0.2, 0.25) is 0 Å². The SMILES string of the molecule is CCN(CC)Cc1ccc(COC(=O)c2ccc(CSC)cc2)cc1. The van der Waals surface area contributed by atoms with E-state index < -0.39 is 0 Å². The van der Waals surface area contributed by atoms with Gasteiger partial charge in [-0.05, 0) is 48.2 Å². The van der Waals surface area contributed by atoms with Crippen molar-refractivity contribution >= 4 is 17.7 Å². The second-order valence-corrected chi connectivity index (χ2v) is 6.85. The molecular weight excluding hydrogens is 330 g/mol. The van der Waals surface area contributed by atoms with E-state index >= 15 is 0 Å². The lowest BCUT2D eigenvalue weighted by Gasteiger charge is -2.18. The maximum absolute atomic E-state index is 12.1. The lowest BCUT2D eigenvalue weighted by molar-refractivity contribution is 0.0472. The second kappa shape index (κ2) is 10.3. The molecule has 25 heavy (non-hydrogen) atoms. The Kier molecular flexibility index (Phi) is 8.02. The molecule has 2 rings (SSSR count). The molecule has 0 fully saturated rings. The lowest BCUT2D eigenvalue weighted by atomic mass is 10.1. The van der Waals surface area contributed by atoms with E-state index in [0.29, 0.717) is 12.2 Å². The molecule has 0 aliphatic carbocycles. The molecule has 0 saturated heterocycles. The fourth-order valence-corrected chi connectivity index (χ4v) is 3.11. The van der Waals surface area contributed by atoms with Crippen LogP contribution < -0.4 is 0 Å². The van der Waals surface area contributed by atoms with E-state index in [4.69, 9.17) is 4.74 Å². The number of thioether (sulfide) groups is 1. The summed E-state index contributed by atoms with van der Waals surface area (Å²) in [5.41, 5.74) is 4.11. The summed E-state index contributed by atoms with van der Waals surface area (Å²) in [4.78, 5) is 14.5. The first-order valence-corrected chi connectivity index (χ1v) is 10.1. The number of esters is 1. The molecule has 0 heterocycles. The maximum atomic E-state index is 12.1. The van der Waals surface area contributed by atoms with Gasteiger partial charge in [0.1, 0.15) is 6.61 Å². The van der Waals surface area contributed by atoms with Gasteiger partial charge in [-0.25, -0.2) is 4.79 Å². The summed E-state index contributed by atoms with van der Waals surface area (Å²) < 4.78 is 5.42. The van der Waals surface area contributed by atoms with Crippen molar-refractivity contribution in [3.8, 4) is 0 Å². The first kappa shape index (κ1) is 19.5. The van der Waals surface area contributed by atoms with Gasteiger partial charge in [0, 0.05) is 12.3 Å². The molecule has 0 aliphatic heterocycles. The third kappa shape index (κ3) is 6.22. The van der Waals surface area contributed by atoms with Gasteiger partial charge in [-0.2, -0.15) is 11.8 Å². The van der Waals surface area contributed by atoms with Crippen molar-refractivity contribution in [1.29, 1.82) is 0 Å². The van der Waals surface area contributed by atoms with Gasteiger partial charge in [-0.15, -0.1) is 0 Å². The largest absolute Gasteiger partial charge is 0.457 e. The van der Waals surface area contributed by atoms with Crippen molar-refractivity contribution < 1.29 is 9.53 Å². The average Bonchev–Trinajstić information content (AvgIpc) is 2.66. The van der Waals surface area contributed by atoms with Crippen molar-refractivity contribution in [2.24, 2.45) is 0 Å². The highest BCUT2D eigenvalue weighted by molar-refractivity contribution is 7.97. The normalized spacial score (nSPS) is 10.9. The highest BCUT2D eigenvalue weighted by Crippen LogP contribution is 2.13. The lowest BCUT2D eigenvalue weighted by Crippen LogP contribution is -2.22. The zero-order chi connectivity index (χ0) is 18.1. The fraction of sp³-hybridized carbons (Fsp3) is 0.381. The van der Waals surface area contributed by atoms with Crippen molar-refractivity contribution in [2.75, 3.05) is 19.3 Å². The first-order chi connectivity index (χ1) is 12.2. The Labute approximate surface area is 155 Å². The Morgan fingerprint density at radius 2 is 1.48 bits per heavy atom. The van der Waals surface area contributed by atoms with Gasteiger partial charge < -0.3 is 4.74 Å². The minimum absolute atomic E-state index is 0.275. The number of benzene rings is 2. The van der Waals surface area contributed by atoms with Crippen LogP contribution in [0.5, 0.6) is 0 Å². The van der Waals surface area contributed by atoms with Crippen LogP contribution in [0.1, 0.15) is 40.9 Å². The van der Waals surface area contributed by atoms with Crippen molar-refractivity contribution in [3.63, 3.8) is 0 Å². The molecule has 4 heteroatoms. The highest BCUT2D eigenvalue weighted by atomic mass is 32.2. The Hall–Kier alpha value is -1.78. The van der Waals surface area contributed by atoms with Crippen LogP contribution in [0.4, 0.5) is 0 Å². The molecule has 0 N–H and O–H groups in total. The summed E-state index contributed by atoms with van der Waals surface area (Å²) in [5, 5.41) is 0. The van der Waals surface area contributed by atoms with Crippen LogP contribution in [0.15, 0.2) is 48.5 Å². The number of hydrogen-bond donors (Lipinski definition) is 0. The molecule has 0 radical (unpaired) electrons. The van der Waals surface area contributed by atoms with Crippen LogP contribution in [-0.4, -0.2) is 30.2 Å². The van der Waals surface area contributed by atoms with Crippen LogP contribution in [0.25, 0.3) is 0 Å². The summed E-state index contributed by atoms with van der Waals surface area (Å²) in [6, 6.07) is 15.9. The minimum Gasteiger partial charge on any atom is -0.457 e. The van der Waals surface area contributed by atoms with Gasteiger partial charge >= 0.3 is 5.97 Å². The summed E-state index contributed by atoms with van der Waals surface area (Å²) in [6.45, 7) is 7.69. The van der Waals surface area contributed by atoms with Crippen LogP contribution in [0.2, 0.25) is 0 Å². The number of carbonyl (C=O) groups is 1. The Morgan fingerprint density at radius 3 is 2.04 bits per heavy atom. The predicted octanol–water partition coefficient (Wildman–Crippen LogP) is 4.75. The molecule has 3 nitrogen and oxygen atoms in total.